The van der Waals surface area contributed by atoms with Gasteiger partial charge in [-0.05, 0) is 17.7 Å². The third-order valence-electron chi connectivity index (χ3n) is 1.72. The van der Waals surface area contributed by atoms with E-state index in [-0.39, 0.29) is 0 Å². The molecule has 1 aromatic rings. The lowest BCUT2D eigenvalue weighted by atomic mass is 10.2. The highest BCUT2D eigenvalue weighted by Gasteiger charge is 1.94. The molecule has 0 amide bonds. The molecule has 12 heavy (non-hydrogen) atoms. The van der Waals surface area contributed by atoms with Gasteiger partial charge in [0.15, 0.2) is 0 Å². The number of halogens is 1. The topological polar surface area (TPSA) is 15.3 Å². The number of anilines is 1. The summed E-state index contributed by atoms with van der Waals surface area (Å²) in [4.78, 5) is 2.10. The molecular weight excluding hydrogens is 263 g/mol. The SMILES string of the molecule is CN(C)c1ccc(CNI)cc1. The minimum atomic E-state index is 0.925. The fraction of sp³-hybridized carbons (Fsp3) is 0.333. The summed E-state index contributed by atoms with van der Waals surface area (Å²) in [5.41, 5.74) is 2.56. The molecule has 0 saturated heterocycles. The highest BCUT2D eigenvalue weighted by molar-refractivity contribution is 14.1. The van der Waals surface area contributed by atoms with Gasteiger partial charge in [0.1, 0.15) is 0 Å². The number of nitrogens with zero attached hydrogens (tertiary/aromatic N) is 1. The predicted octanol–water partition coefficient (Wildman–Crippen LogP) is 2.19. The number of hydrogen-bond donors (Lipinski definition) is 1. The smallest absolute Gasteiger partial charge is 0.0361 e. The Hall–Kier alpha value is -0.290. The summed E-state index contributed by atoms with van der Waals surface area (Å²) in [7, 11) is 4.09. The Morgan fingerprint density at radius 1 is 1.25 bits per heavy atom. The van der Waals surface area contributed by atoms with E-state index in [4.69, 9.17) is 0 Å². The quantitative estimate of drug-likeness (QED) is 0.672. The van der Waals surface area contributed by atoms with Crippen molar-refractivity contribution in [1.29, 1.82) is 0 Å². The van der Waals surface area contributed by atoms with Gasteiger partial charge in [0.25, 0.3) is 0 Å². The molecule has 1 rings (SSSR count). The summed E-state index contributed by atoms with van der Waals surface area (Å²) < 4.78 is 3.09. The van der Waals surface area contributed by atoms with Gasteiger partial charge in [-0.25, -0.2) is 0 Å². The second-order valence-corrected chi connectivity index (χ2v) is 3.63. The minimum Gasteiger partial charge on any atom is -0.378 e. The van der Waals surface area contributed by atoms with Crippen molar-refractivity contribution in [3.05, 3.63) is 29.8 Å². The van der Waals surface area contributed by atoms with E-state index in [2.05, 4.69) is 55.6 Å². The predicted molar refractivity (Wildman–Crippen MR) is 61.6 cm³/mol. The van der Waals surface area contributed by atoms with Crippen molar-refractivity contribution in [3.8, 4) is 0 Å². The van der Waals surface area contributed by atoms with Crippen molar-refractivity contribution in [2.45, 2.75) is 6.54 Å². The Bertz CT molecular complexity index is 231. The number of rotatable bonds is 3. The first-order valence-corrected chi connectivity index (χ1v) is 4.91. The summed E-state index contributed by atoms with van der Waals surface area (Å²) in [6, 6.07) is 8.54. The minimum absolute atomic E-state index is 0.925. The molecule has 0 aliphatic rings. The summed E-state index contributed by atoms with van der Waals surface area (Å²) in [6.07, 6.45) is 0. The van der Waals surface area contributed by atoms with Gasteiger partial charge >= 0.3 is 0 Å². The van der Waals surface area contributed by atoms with Gasteiger partial charge in [-0.3, -0.25) is 3.53 Å². The third kappa shape index (κ3) is 2.64. The van der Waals surface area contributed by atoms with Crippen LogP contribution < -0.4 is 8.43 Å². The average molecular weight is 276 g/mol. The average Bonchev–Trinajstić information content (AvgIpc) is 2.06. The maximum Gasteiger partial charge on any atom is 0.0361 e. The first-order valence-electron chi connectivity index (χ1n) is 3.84. The summed E-state index contributed by atoms with van der Waals surface area (Å²) in [5, 5.41) is 0. The fourth-order valence-electron chi connectivity index (χ4n) is 0.989. The monoisotopic (exact) mass is 276 g/mol. The Balaban J connectivity index is 2.71. The van der Waals surface area contributed by atoms with Gasteiger partial charge in [-0.2, -0.15) is 0 Å². The largest absolute Gasteiger partial charge is 0.378 e. The standard InChI is InChI=1S/C9H13IN2/c1-12(2)9-5-3-8(4-6-9)7-11-10/h3-6,11H,7H2,1-2H3. The van der Waals surface area contributed by atoms with Crippen LogP contribution in [-0.2, 0) is 6.54 Å². The summed E-state index contributed by atoms with van der Waals surface area (Å²) in [6.45, 7) is 0.925. The Morgan fingerprint density at radius 3 is 2.25 bits per heavy atom. The van der Waals surface area contributed by atoms with Crippen LogP contribution in [0.15, 0.2) is 24.3 Å². The van der Waals surface area contributed by atoms with Crippen molar-refractivity contribution in [3.63, 3.8) is 0 Å². The maximum absolute atomic E-state index is 3.09. The molecule has 0 atom stereocenters. The lowest BCUT2D eigenvalue weighted by Crippen LogP contribution is -2.08. The van der Waals surface area contributed by atoms with E-state index < -0.39 is 0 Å². The highest BCUT2D eigenvalue weighted by atomic mass is 127. The zero-order chi connectivity index (χ0) is 8.97. The molecule has 2 nitrogen and oxygen atoms in total. The molecule has 1 N–H and O–H groups in total. The molecule has 0 radical (unpaired) electrons. The van der Waals surface area contributed by atoms with Crippen LogP contribution in [0.1, 0.15) is 5.56 Å². The molecule has 0 aliphatic carbocycles. The zero-order valence-corrected chi connectivity index (χ0v) is 9.50. The Kier molecular flexibility index (Phi) is 3.81. The van der Waals surface area contributed by atoms with Crippen LogP contribution in [0.5, 0.6) is 0 Å². The Morgan fingerprint density at radius 2 is 1.83 bits per heavy atom. The van der Waals surface area contributed by atoms with E-state index in [0.29, 0.717) is 0 Å². The molecule has 3 heteroatoms. The molecule has 0 unspecified atom stereocenters. The van der Waals surface area contributed by atoms with Crippen molar-refractivity contribution >= 4 is 28.6 Å². The zero-order valence-electron chi connectivity index (χ0n) is 7.34. The van der Waals surface area contributed by atoms with Crippen LogP contribution in [0, 0.1) is 0 Å². The lowest BCUT2D eigenvalue weighted by molar-refractivity contribution is 1.01. The van der Waals surface area contributed by atoms with Crippen LogP contribution in [0.2, 0.25) is 0 Å². The lowest BCUT2D eigenvalue weighted by Gasteiger charge is -2.12. The molecule has 0 spiro atoms. The van der Waals surface area contributed by atoms with Gasteiger partial charge < -0.3 is 4.90 Å². The first-order chi connectivity index (χ1) is 5.74. The van der Waals surface area contributed by atoms with Crippen molar-refractivity contribution in [2.75, 3.05) is 19.0 Å². The maximum atomic E-state index is 3.09. The first kappa shape index (κ1) is 9.80. The van der Waals surface area contributed by atoms with Crippen LogP contribution >= 0.6 is 22.9 Å². The van der Waals surface area contributed by atoms with Gasteiger partial charge in [0.05, 0.1) is 0 Å². The van der Waals surface area contributed by atoms with E-state index in [0.717, 1.165) is 6.54 Å². The second kappa shape index (κ2) is 4.67. The molecule has 0 heterocycles. The van der Waals surface area contributed by atoms with E-state index >= 15 is 0 Å². The number of hydrogen-bond acceptors (Lipinski definition) is 2. The van der Waals surface area contributed by atoms with E-state index in [1.807, 2.05) is 14.1 Å². The van der Waals surface area contributed by atoms with Gasteiger partial charge in [-0.15, -0.1) is 0 Å². The number of benzene rings is 1. The second-order valence-electron chi connectivity index (χ2n) is 2.87. The van der Waals surface area contributed by atoms with Gasteiger partial charge in [-0.1, -0.05) is 12.1 Å². The van der Waals surface area contributed by atoms with Gasteiger partial charge in [0.2, 0.25) is 0 Å². The van der Waals surface area contributed by atoms with Gasteiger partial charge in [0, 0.05) is 49.2 Å². The van der Waals surface area contributed by atoms with Crippen molar-refractivity contribution < 1.29 is 0 Å². The van der Waals surface area contributed by atoms with Crippen molar-refractivity contribution in [2.24, 2.45) is 0 Å². The van der Waals surface area contributed by atoms with E-state index in [1.165, 1.54) is 11.3 Å². The molecule has 0 bridgehead atoms. The normalized spacial score (nSPS) is 9.92. The van der Waals surface area contributed by atoms with E-state index in [1.54, 1.807) is 0 Å². The molecule has 66 valence electrons. The molecule has 1 aromatic carbocycles. The fourth-order valence-corrected chi connectivity index (χ4v) is 1.43. The Labute approximate surface area is 87.5 Å². The molecule has 0 aliphatic heterocycles. The van der Waals surface area contributed by atoms with Crippen LogP contribution in [0.4, 0.5) is 5.69 Å². The van der Waals surface area contributed by atoms with Crippen molar-refractivity contribution in [1.82, 2.24) is 3.53 Å². The number of nitrogens with one attached hydrogen (secondary N) is 1. The molecular formula is C9H13IN2. The summed E-state index contributed by atoms with van der Waals surface area (Å²) >= 11 is 2.15. The molecule has 0 saturated carbocycles. The summed E-state index contributed by atoms with van der Waals surface area (Å²) in [5.74, 6) is 0. The third-order valence-corrected chi connectivity index (χ3v) is 2.11. The molecule has 0 fully saturated rings. The highest BCUT2D eigenvalue weighted by Crippen LogP contribution is 2.11. The van der Waals surface area contributed by atoms with Crippen LogP contribution in [-0.4, -0.2) is 14.1 Å². The van der Waals surface area contributed by atoms with Crippen LogP contribution in [0.3, 0.4) is 0 Å². The van der Waals surface area contributed by atoms with Crippen LogP contribution in [0.25, 0.3) is 0 Å². The molecule has 0 aromatic heterocycles. The van der Waals surface area contributed by atoms with E-state index in [9.17, 15) is 0 Å².